The van der Waals surface area contributed by atoms with Gasteiger partial charge in [0.1, 0.15) is 0 Å². The largest absolute Gasteiger partial charge is 0.388 e. The molecule has 1 spiro atoms. The van der Waals surface area contributed by atoms with E-state index < -0.39 is 11.1 Å². The van der Waals surface area contributed by atoms with Crippen LogP contribution in [0.2, 0.25) is 0 Å². The Morgan fingerprint density at radius 1 is 1.11 bits per heavy atom. The lowest BCUT2D eigenvalue weighted by Gasteiger charge is -2.50. The summed E-state index contributed by atoms with van der Waals surface area (Å²) in [4.78, 5) is 14.1. The Kier molecular flexibility index (Phi) is 3.37. The minimum Gasteiger partial charge on any atom is -0.388 e. The Morgan fingerprint density at radius 3 is 2.59 bits per heavy atom. The molecule has 2 aliphatic carbocycles. The summed E-state index contributed by atoms with van der Waals surface area (Å²) in [6, 6.07) is 16.1. The average Bonchev–Trinajstić information content (AvgIpc) is 3.37. The number of fused-ring (bicyclic) bond motifs is 2. The lowest BCUT2D eigenvalue weighted by Crippen LogP contribution is -2.65. The topological polar surface area (TPSA) is 88.5 Å². The van der Waals surface area contributed by atoms with Crippen LogP contribution in [0.25, 0.3) is 0 Å². The molecule has 2 fully saturated rings. The number of β-amino-alcohol motifs (C(OH)–C–C–N with tert-alkyl or cyclic N) is 1. The highest BCUT2D eigenvalue weighted by Crippen LogP contribution is 2.47. The van der Waals surface area contributed by atoms with E-state index in [0.717, 1.165) is 16.9 Å². The van der Waals surface area contributed by atoms with Gasteiger partial charge in [0.05, 0.1) is 24.1 Å². The number of carbonyl (C=O) groups is 1. The summed E-state index contributed by atoms with van der Waals surface area (Å²) in [5, 5.41) is 25.1. The van der Waals surface area contributed by atoms with E-state index in [2.05, 4.69) is 10.6 Å². The maximum Gasteiger partial charge on any atom is 0.232 e. The molecule has 5 rings (SSSR count). The Balaban J connectivity index is 1.38. The molecule has 27 heavy (non-hydrogen) atoms. The zero-order valence-electron chi connectivity index (χ0n) is 15.0. The van der Waals surface area contributed by atoms with Crippen LogP contribution in [0.1, 0.15) is 30.4 Å². The molecule has 6 nitrogen and oxygen atoms in total. The highest BCUT2D eigenvalue weighted by atomic mass is 16.3. The van der Waals surface area contributed by atoms with Crippen LogP contribution in [0.5, 0.6) is 0 Å². The van der Waals surface area contributed by atoms with Crippen LogP contribution in [0.15, 0.2) is 48.5 Å². The second-order valence-corrected chi connectivity index (χ2v) is 7.94. The minimum atomic E-state index is -0.793. The molecule has 2 aromatic rings. The third-order valence-corrected chi connectivity index (χ3v) is 5.88. The summed E-state index contributed by atoms with van der Waals surface area (Å²) in [7, 11) is 0. The van der Waals surface area contributed by atoms with Crippen molar-refractivity contribution >= 4 is 23.2 Å². The number of amides is 1. The Labute approximate surface area is 157 Å². The molecular formula is C21H22N4O2. The first-order chi connectivity index (χ1) is 13.0. The average molecular weight is 362 g/mol. The van der Waals surface area contributed by atoms with Crippen LogP contribution in [0.3, 0.4) is 0 Å². The first-order valence-corrected chi connectivity index (χ1v) is 9.32. The first kappa shape index (κ1) is 16.3. The molecule has 2 aromatic carbocycles. The lowest BCUT2D eigenvalue weighted by atomic mass is 9.67. The van der Waals surface area contributed by atoms with E-state index in [1.165, 1.54) is 10.5 Å². The maximum atomic E-state index is 12.7. The number of para-hydroxylation sites is 1. The summed E-state index contributed by atoms with van der Waals surface area (Å²) in [6.45, 7) is 0.218. The fraction of sp³-hybridized carbons (Fsp3) is 0.333. The van der Waals surface area contributed by atoms with Gasteiger partial charge in [-0.1, -0.05) is 30.3 Å². The molecule has 1 heterocycles. The van der Waals surface area contributed by atoms with Crippen molar-refractivity contribution in [3.8, 4) is 0 Å². The van der Waals surface area contributed by atoms with Crippen molar-refractivity contribution in [1.82, 2.24) is 10.2 Å². The van der Waals surface area contributed by atoms with Crippen LogP contribution >= 0.6 is 0 Å². The van der Waals surface area contributed by atoms with Crippen molar-refractivity contribution in [3.05, 3.63) is 59.7 Å². The number of hydrogen-bond donors (Lipinski definition) is 4. The smallest absolute Gasteiger partial charge is 0.232 e. The van der Waals surface area contributed by atoms with Gasteiger partial charge in [0.15, 0.2) is 5.96 Å². The first-order valence-electron chi connectivity index (χ1n) is 9.32. The van der Waals surface area contributed by atoms with Gasteiger partial charge in [-0.05, 0) is 42.2 Å². The van der Waals surface area contributed by atoms with Crippen LogP contribution < -0.4 is 10.6 Å². The zero-order valence-corrected chi connectivity index (χ0v) is 15.0. The number of hydrogen-bond acceptors (Lipinski definition) is 4. The predicted molar refractivity (Wildman–Crippen MR) is 103 cm³/mol. The van der Waals surface area contributed by atoms with Crippen LogP contribution in [-0.2, 0) is 16.8 Å². The van der Waals surface area contributed by atoms with Crippen LogP contribution in [-0.4, -0.2) is 34.0 Å². The summed E-state index contributed by atoms with van der Waals surface area (Å²) >= 11 is 0. The SMILES string of the molecule is N=C1N[C@]2(CC(=O)N1CC1(O)CC1)Cc1c(Nc3ccccc3)cccc12. The van der Waals surface area contributed by atoms with Crippen molar-refractivity contribution in [3.63, 3.8) is 0 Å². The summed E-state index contributed by atoms with van der Waals surface area (Å²) in [5.41, 5.74) is 3.03. The van der Waals surface area contributed by atoms with E-state index in [1.54, 1.807) is 0 Å². The summed E-state index contributed by atoms with van der Waals surface area (Å²) in [5.74, 6) is 0.00444. The Morgan fingerprint density at radius 2 is 1.89 bits per heavy atom. The molecule has 1 saturated heterocycles. The van der Waals surface area contributed by atoms with E-state index in [0.29, 0.717) is 25.7 Å². The number of carbonyl (C=O) groups excluding carboxylic acids is 1. The number of anilines is 2. The van der Waals surface area contributed by atoms with Crippen molar-refractivity contribution < 1.29 is 9.90 Å². The van der Waals surface area contributed by atoms with Gasteiger partial charge in [-0.25, -0.2) is 0 Å². The molecule has 0 aromatic heterocycles. The van der Waals surface area contributed by atoms with E-state index >= 15 is 0 Å². The van der Waals surface area contributed by atoms with Gasteiger partial charge in [0.2, 0.25) is 5.91 Å². The molecule has 6 heteroatoms. The normalized spacial score (nSPS) is 24.9. The Hall–Kier alpha value is -2.86. The fourth-order valence-electron chi connectivity index (χ4n) is 4.16. The monoisotopic (exact) mass is 362 g/mol. The van der Waals surface area contributed by atoms with Gasteiger partial charge < -0.3 is 15.7 Å². The van der Waals surface area contributed by atoms with Crippen molar-refractivity contribution in [1.29, 1.82) is 5.41 Å². The highest BCUT2D eigenvalue weighted by Gasteiger charge is 2.52. The summed E-state index contributed by atoms with van der Waals surface area (Å²) in [6.07, 6.45) is 2.41. The molecule has 0 radical (unpaired) electrons. The van der Waals surface area contributed by atoms with Gasteiger partial charge in [0.25, 0.3) is 0 Å². The molecular weight excluding hydrogens is 340 g/mol. The van der Waals surface area contributed by atoms with Gasteiger partial charge in [0, 0.05) is 17.8 Å². The zero-order chi connectivity index (χ0) is 18.6. The molecule has 0 unspecified atom stereocenters. The number of nitrogens with one attached hydrogen (secondary N) is 3. The summed E-state index contributed by atoms with van der Waals surface area (Å²) < 4.78 is 0. The number of benzene rings is 2. The van der Waals surface area contributed by atoms with Crippen LogP contribution in [0, 0.1) is 5.41 Å². The van der Waals surface area contributed by atoms with Crippen molar-refractivity contribution in [2.75, 3.05) is 11.9 Å². The molecule has 1 atom stereocenters. The second kappa shape index (κ2) is 5.57. The number of rotatable bonds is 4. The number of nitrogens with zero attached hydrogens (tertiary/aromatic N) is 1. The molecule has 1 saturated carbocycles. The molecule has 3 aliphatic rings. The van der Waals surface area contributed by atoms with Gasteiger partial charge in [-0.15, -0.1) is 0 Å². The highest BCUT2D eigenvalue weighted by molar-refractivity contribution is 6.00. The van der Waals surface area contributed by atoms with E-state index in [9.17, 15) is 9.90 Å². The molecule has 138 valence electrons. The Bertz CT molecular complexity index is 918. The fourth-order valence-corrected chi connectivity index (χ4v) is 4.16. The second-order valence-electron chi connectivity index (χ2n) is 7.94. The number of guanidine groups is 1. The van der Waals surface area contributed by atoms with Crippen molar-refractivity contribution in [2.24, 2.45) is 0 Å². The third-order valence-electron chi connectivity index (χ3n) is 5.88. The van der Waals surface area contributed by atoms with Gasteiger partial charge in [-0.3, -0.25) is 15.1 Å². The molecule has 4 N–H and O–H groups in total. The standard InChI is InChI=1S/C21H22N4O2/c22-19-24-21(12-18(26)25(19)13-20(27)9-10-20)11-15-16(21)7-4-8-17(15)23-14-5-2-1-3-6-14/h1-8,23,27H,9-13H2,(H2,22,24)/t21-/m0/s1. The van der Waals surface area contributed by atoms with Crippen molar-refractivity contribution in [2.45, 2.75) is 36.8 Å². The third kappa shape index (κ3) is 2.68. The lowest BCUT2D eigenvalue weighted by molar-refractivity contribution is -0.132. The van der Waals surface area contributed by atoms with E-state index in [-0.39, 0.29) is 18.4 Å². The van der Waals surface area contributed by atoms with Gasteiger partial charge >= 0.3 is 0 Å². The van der Waals surface area contributed by atoms with Gasteiger partial charge in [-0.2, -0.15) is 0 Å². The maximum absolute atomic E-state index is 12.7. The molecule has 1 amide bonds. The van der Waals surface area contributed by atoms with E-state index in [4.69, 9.17) is 5.41 Å². The minimum absolute atomic E-state index is 0.0915. The van der Waals surface area contributed by atoms with E-state index in [1.807, 2.05) is 48.5 Å². The molecule has 0 bridgehead atoms. The van der Waals surface area contributed by atoms with Crippen LogP contribution in [0.4, 0.5) is 11.4 Å². The number of aliphatic hydroxyl groups is 1. The quantitative estimate of drug-likeness (QED) is 0.673. The predicted octanol–water partition coefficient (Wildman–Crippen LogP) is 2.46. The molecule has 1 aliphatic heterocycles.